The van der Waals surface area contributed by atoms with Crippen LogP contribution in [0.3, 0.4) is 0 Å². The Bertz CT molecular complexity index is 492. The zero-order valence-electron chi connectivity index (χ0n) is 12.1. The molecule has 0 N–H and O–H groups in total. The van der Waals surface area contributed by atoms with Crippen LogP contribution < -0.4 is 0 Å². The zero-order chi connectivity index (χ0) is 13.8. The van der Waals surface area contributed by atoms with Crippen LogP contribution in [0.15, 0.2) is 36.4 Å². The quantitative estimate of drug-likeness (QED) is 0.612. The van der Waals surface area contributed by atoms with E-state index in [4.69, 9.17) is 0 Å². The number of nitrogens with zero attached hydrogens (tertiary/aromatic N) is 1. The average Bonchev–Trinajstić information content (AvgIpc) is 3.01. The molecule has 0 spiro atoms. The molecule has 1 heterocycles. The number of hydrogen-bond acceptors (Lipinski definition) is 2. The van der Waals surface area contributed by atoms with E-state index in [2.05, 4.69) is 29.2 Å². The van der Waals surface area contributed by atoms with Crippen LogP contribution in [-0.2, 0) is 6.54 Å². The summed E-state index contributed by atoms with van der Waals surface area (Å²) in [7, 11) is 0. The lowest BCUT2D eigenvalue weighted by Gasteiger charge is -2.23. The van der Waals surface area contributed by atoms with Crippen molar-refractivity contribution in [1.29, 1.82) is 0 Å². The SMILES string of the molecule is O=C(c1ccccc1CN1CC=CC1)C1CCCCC1. The molecule has 2 heteroatoms. The first-order valence-corrected chi connectivity index (χ1v) is 7.84. The highest BCUT2D eigenvalue weighted by atomic mass is 16.1. The minimum atomic E-state index is 0.265. The smallest absolute Gasteiger partial charge is 0.166 e. The van der Waals surface area contributed by atoms with Crippen LogP contribution in [0.25, 0.3) is 0 Å². The molecule has 2 nitrogen and oxygen atoms in total. The third kappa shape index (κ3) is 3.01. The number of Topliss-reactive ketones (excluding diaryl/α,β-unsaturated/α-hetero) is 1. The first-order chi connectivity index (χ1) is 9.84. The molecule has 106 valence electrons. The van der Waals surface area contributed by atoms with Gasteiger partial charge in [-0.2, -0.15) is 0 Å². The van der Waals surface area contributed by atoms with E-state index in [1.807, 2.05) is 12.1 Å². The monoisotopic (exact) mass is 269 g/mol. The molecule has 3 rings (SSSR count). The molecule has 20 heavy (non-hydrogen) atoms. The van der Waals surface area contributed by atoms with Crippen LogP contribution in [-0.4, -0.2) is 23.8 Å². The third-order valence-electron chi connectivity index (χ3n) is 4.55. The minimum Gasteiger partial charge on any atom is -0.294 e. The van der Waals surface area contributed by atoms with Gasteiger partial charge in [0, 0.05) is 31.1 Å². The zero-order valence-corrected chi connectivity index (χ0v) is 12.1. The molecule has 1 aromatic carbocycles. The van der Waals surface area contributed by atoms with E-state index >= 15 is 0 Å². The largest absolute Gasteiger partial charge is 0.294 e. The van der Waals surface area contributed by atoms with E-state index < -0.39 is 0 Å². The van der Waals surface area contributed by atoms with E-state index in [0.717, 1.165) is 38.0 Å². The van der Waals surface area contributed by atoms with Gasteiger partial charge in [0.2, 0.25) is 0 Å². The lowest BCUT2D eigenvalue weighted by Crippen LogP contribution is -2.23. The van der Waals surface area contributed by atoms with Crippen LogP contribution >= 0.6 is 0 Å². The molecule has 0 saturated heterocycles. The van der Waals surface area contributed by atoms with Gasteiger partial charge in [-0.1, -0.05) is 55.7 Å². The molecule has 1 fully saturated rings. The molecule has 2 aliphatic rings. The van der Waals surface area contributed by atoms with Crippen molar-refractivity contribution in [2.75, 3.05) is 13.1 Å². The van der Waals surface area contributed by atoms with E-state index in [0.29, 0.717) is 5.78 Å². The van der Waals surface area contributed by atoms with Gasteiger partial charge >= 0.3 is 0 Å². The highest BCUT2D eigenvalue weighted by Crippen LogP contribution is 2.28. The lowest BCUT2D eigenvalue weighted by atomic mass is 9.83. The average molecular weight is 269 g/mol. The maximum atomic E-state index is 12.8. The van der Waals surface area contributed by atoms with Gasteiger partial charge in [0.05, 0.1) is 0 Å². The molecule has 0 bridgehead atoms. The second-order valence-electron chi connectivity index (χ2n) is 6.02. The standard InChI is InChI=1S/C18H23NO/c20-18(15-8-2-1-3-9-15)17-11-5-4-10-16(17)14-19-12-6-7-13-19/h4-7,10-11,15H,1-3,8-9,12-14H2. The summed E-state index contributed by atoms with van der Waals surface area (Å²) in [5.41, 5.74) is 2.16. The molecule has 1 aliphatic heterocycles. The van der Waals surface area contributed by atoms with Gasteiger partial charge in [-0.05, 0) is 18.4 Å². The second kappa shape index (κ2) is 6.36. The second-order valence-corrected chi connectivity index (χ2v) is 6.02. The van der Waals surface area contributed by atoms with Crippen LogP contribution in [0.5, 0.6) is 0 Å². The Kier molecular flexibility index (Phi) is 4.31. The molecule has 1 aromatic rings. The highest BCUT2D eigenvalue weighted by Gasteiger charge is 2.24. The van der Waals surface area contributed by atoms with Crippen molar-refractivity contribution < 1.29 is 4.79 Å². The number of rotatable bonds is 4. The van der Waals surface area contributed by atoms with Gasteiger partial charge in [0.1, 0.15) is 0 Å². The van der Waals surface area contributed by atoms with Gasteiger partial charge < -0.3 is 0 Å². The van der Waals surface area contributed by atoms with Gasteiger partial charge in [-0.15, -0.1) is 0 Å². The normalized spacial score (nSPS) is 20.4. The number of benzene rings is 1. The van der Waals surface area contributed by atoms with Crippen molar-refractivity contribution in [3.8, 4) is 0 Å². The van der Waals surface area contributed by atoms with Crippen molar-refractivity contribution in [3.05, 3.63) is 47.5 Å². The summed E-state index contributed by atoms with van der Waals surface area (Å²) < 4.78 is 0. The molecular weight excluding hydrogens is 246 g/mol. The van der Waals surface area contributed by atoms with Crippen LogP contribution in [0, 0.1) is 5.92 Å². The van der Waals surface area contributed by atoms with Crippen molar-refractivity contribution in [2.24, 2.45) is 5.92 Å². The molecular formula is C18H23NO. The fraction of sp³-hybridized carbons (Fsp3) is 0.500. The summed E-state index contributed by atoms with van der Waals surface area (Å²) in [5, 5.41) is 0. The Morgan fingerprint density at radius 2 is 1.75 bits per heavy atom. The third-order valence-corrected chi connectivity index (χ3v) is 4.55. The maximum Gasteiger partial charge on any atom is 0.166 e. The number of hydrogen-bond donors (Lipinski definition) is 0. The van der Waals surface area contributed by atoms with Gasteiger partial charge in [-0.25, -0.2) is 0 Å². The fourth-order valence-electron chi connectivity index (χ4n) is 3.38. The maximum absolute atomic E-state index is 12.8. The van der Waals surface area contributed by atoms with Crippen LogP contribution in [0.2, 0.25) is 0 Å². The topological polar surface area (TPSA) is 20.3 Å². The molecule has 1 aliphatic carbocycles. The van der Waals surface area contributed by atoms with E-state index in [9.17, 15) is 4.79 Å². The predicted octanol–water partition coefficient (Wildman–Crippen LogP) is 3.82. The Hall–Kier alpha value is -1.41. The Morgan fingerprint density at radius 3 is 2.50 bits per heavy atom. The van der Waals surface area contributed by atoms with E-state index in [-0.39, 0.29) is 5.92 Å². The first kappa shape index (κ1) is 13.6. The molecule has 0 amide bonds. The van der Waals surface area contributed by atoms with Crippen molar-refractivity contribution in [2.45, 2.75) is 38.6 Å². The number of carbonyl (C=O) groups excluding carboxylic acids is 1. The van der Waals surface area contributed by atoms with Crippen molar-refractivity contribution in [3.63, 3.8) is 0 Å². The van der Waals surface area contributed by atoms with Crippen molar-refractivity contribution >= 4 is 5.78 Å². The minimum absolute atomic E-state index is 0.265. The summed E-state index contributed by atoms with van der Waals surface area (Å²) in [6.45, 7) is 2.90. The van der Waals surface area contributed by atoms with Crippen molar-refractivity contribution in [1.82, 2.24) is 4.90 Å². The van der Waals surface area contributed by atoms with Gasteiger partial charge in [0.25, 0.3) is 0 Å². The molecule has 1 saturated carbocycles. The summed E-state index contributed by atoms with van der Waals surface area (Å²) in [5.74, 6) is 0.647. The summed E-state index contributed by atoms with van der Waals surface area (Å²) >= 11 is 0. The first-order valence-electron chi connectivity index (χ1n) is 7.84. The lowest BCUT2D eigenvalue weighted by molar-refractivity contribution is 0.0887. The molecule has 0 radical (unpaired) electrons. The van der Waals surface area contributed by atoms with Gasteiger partial charge in [-0.3, -0.25) is 9.69 Å². The van der Waals surface area contributed by atoms with E-state index in [1.165, 1.54) is 24.8 Å². The Balaban J connectivity index is 1.75. The number of carbonyl (C=O) groups is 1. The van der Waals surface area contributed by atoms with Gasteiger partial charge in [0.15, 0.2) is 5.78 Å². The summed E-state index contributed by atoms with van der Waals surface area (Å²) in [6.07, 6.45) is 10.3. The molecule has 0 atom stereocenters. The molecule has 0 unspecified atom stereocenters. The Labute approximate surface area is 121 Å². The molecule has 0 aromatic heterocycles. The van der Waals surface area contributed by atoms with Crippen LogP contribution in [0.1, 0.15) is 48.0 Å². The Morgan fingerprint density at radius 1 is 1.05 bits per heavy atom. The fourth-order valence-corrected chi connectivity index (χ4v) is 3.38. The highest BCUT2D eigenvalue weighted by molar-refractivity contribution is 5.99. The summed E-state index contributed by atoms with van der Waals surface area (Å²) in [4.78, 5) is 15.1. The predicted molar refractivity (Wildman–Crippen MR) is 81.8 cm³/mol. The van der Waals surface area contributed by atoms with Crippen LogP contribution in [0.4, 0.5) is 0 Å². The summed E-state index contributed by atoms with van der Waals surface area (Å²) in [6, 6.07) is 8.20. The van der Waals surface area contributed by atoms with E-state index in [1.54, 1.807) is 0 Å². The number of ketones is 1.